The summed E-state index contributed by atoms with van der Waals surface area (Å²) in [5, 5.41) is 6.86. The summed E-state index contributed by atoms with van der Waals surface area (Å²) < 4.78 is 0. The van der Waals surface area contributed by atoms with Gasteiger partial charge >= 0.3 is 0 Å². The Morgan fingerprint density at radius 2 is 1.68 bits per heavy atom. The van der Waals surface area contributed by atoms with Gasteiger partial charge in [-0.3, -0.25) is 0 Å². The van der Waals surface area contributed by atoms with Crippen LogP contribution in [0.1, 0.15) is 59.8 Å². The molecule has 116 valence electrons. The van der Waals surface area contributed by atoms with Crippen LogP contribution in [0.3, 0.4) is 0 Å². The summed E-state index contributed by atoms with van der Waals surface area (Å²) in [4.78, 5) is 2.64. The molecular formula is C16H37N3. The standard InChI is InChI=1S/C14H31N3.C2H6/c1-13(2)16-14-7-11-17(12-8-14)10-6-4-5-9-15-3;1-2/h13-16H,4-12H2,1-3H3;1-2H3. The Bertz CT molecular complexity index is 175. The van der Waals surface area contributed by atoms with Gasteiger partial charge in [0.05, 0.1) is 0 Å². The highest BCUT2D eigenvalue weighted by Gasteiger charge is 2.18. The third kappa shape index (κ3) is 10.3. The van der Waals surface area contributed by atoms with Crippen LogP contribution in [0.15, 0.2) is 0 Å². The minimum absolute atomic E-state index is 0.632. The Hall–Kier alpha value is -0.120. The molecule has 1 fully saturated rings. The quantitative estimate of drug-likeness (QED) is 0.665. The molecule has 0 aromatic rings. The molecule has 0 unspecified atom stereocenters. The predicted octanol–water partition coefficient (Wildman–Crippen LogP) is 2.86. The summed E-state index contributed by atoms with van der Waals surface area (Å²) in [5.41, 5.74) is 0. The topological polar surface area (TPSA) is 27.3 Å². The fraction of sp³-hybridized carbons (Fsp3) is 1.00. The third-order valence-corrected chi connectivity index (χ3v) is 3.56. The van der Waals surface area contributed by atoms with E-state index in [9.17, 15) is 0 Å². The highest BCUT2D eigenvalue weighted by Crippen LogP contribution is 2.12. The zero-order chi connectivity index (χ0) is 14.5. The van der Waals surface area contributed by atoms with E-state index in [1.807, 2.05) is 20.9 Å². The Morgan fingerprint density at radius 3 is 2.21 bits per heavy atom. The number of hydrogen-bond donors (Lipinski definition) is 2. The van der Waals surface area contributed by atoms with Gasteiger partial charge in [-0.05, 0) is 58.9 Å². The van der Waals surface area contributed by atoms with Crippen LogP contribution in [0.2, 0.25) is 0 Å². The van der Waals surface area contributed by atoms with Crippen molar-refractivity contribution >= 4 is 0 Å². The molecule has 0 saturated carbocycles. The minimum atomic E-state index is 0.632. The first-order valence-corrected chi connectivity index (χ1v) is 8.35. The Labute approximate surface area is 121 Å². The fourth-order valence-electron chi connectivity index (χ4n) is 2.61. The molecule has 0 bridgehead atoms. The maximum atomic E-state index is 3.65. The lowest BCUT2D eigenvalue weighted by Gasteiger charge is -2.33. The van der Waals surface area contributed by atoms with Gasteiger partial charge in [0.1, 0.15) is 0 Å². The highest BCUT2D eigenvalue weighted by molar-refractivity contribution is 4.78. The Balaban J connectivity index is 0.00000154. The van der Waals surface area contributed by atoms with E-state index in [1.165, 1.54) is 58.3 Å². The molecule has 0 aromatic heterocycles. The van der Waals surface area contributed by atoms with Crippen molar-refractivity contribution in [2.24, 2.45) is 0 Å². The molecule has 3 heteroatoms. The van der Waals surface area contributed by atoms with Crippen LogP contribution in [-0.2, 0) is 0 Å². The Kier molecular flexibility index (Phi) is 12.8. The smallest absolute Gasteiger partial charge is 0.00937 e. The van der Waals surface area contributed by atoms with E-state index in [2.05, 4.69) is 29.4 Å². The van der Waals surface area contributed by atoms with E-state index in [0.29, 0.717) is 6.04 Å². The van der Waals surface area contributed by atoms with Gasteiger partial charge < -0.3 is 15.5 Å². The lowest BCUT2D eigenvalue weighted by atomic mass is 10.0. The number of likely N-dealkylation sites (tertiary alicyclic amines) is 1. The molecule has 2 N–H and O–H groups in total. The van der Waals surface area contributed by atoms with Gasteiger partial charge in [0.2, 0.25) is 0 Å². The van der Waals surface area contributed by atoms with E-state index in [1.54, 1.807) is 0 Å². The second kappa shape index (κ2) is 12.9. The molecule has 1 aliphatic heterocycles. The first-order chi connectivity index (χ1) is 9.22. The molecule has 1 rings (SSSR count). The van der Waals surface area contributed by atoms with Crippen molar-refractivity contribution in [2.45, 2.75) is 71.9 Å². The van der Waals surface area contributed by atoms with Gasteiger partial charge in [0.25, 0.3) is 0 Å². The molecule has 1 heterocycles. The summed E-state index contributed by atoms with van der Waals surface area (Å²) in [6, 6.07) is 1.39. The lowest BCUT2D eigenvalue weighted by Crippen LogP contribution is -2.44. The number of nitrogens with one attached hydrogen (secondary N) is 2. The normalized spacial score (nSPS) is 17.4. The monoisotopic (exact) mass is 271 g/mol. The maximum absolute atomic E-state index is 3.65. The predicted molar refractivity (Wildman–Crippen MR) is 86.9 cm³/mol. The van der Waals surface area contributed by atoms with Gasteiger partial charge in [0.15, 0.2) is 0 Å². The van der Waals surface area contributed by atoms with Crippen molar-refractivity contribution in [3.05, 3.63) is 0 Å². The van der Waals surface area contributed by atoms with Crippen molar-refractivity contribution in [2.75, 3.05) is 33.2 Å². The van der Waals surface area contributed by atoms with E-state index < -0.39 is 0 Å². The number of unbranched alkanes of at least 4 members (excludes halogenated alkanes) is 2. The summed E-state index contributed by atoms with van der Waals surface area (Å²) in [7, 11) is 2.03. The molecule has 0 spiro atoms. The van der Waals surface area contributed by atoms with Crippen molar-refractivity contribution in [3.8, 4) is 0 Å². The van der Waals surface area contributed by atoms with Gasteiger partial charge in [-0.1, -0.05) is 34.1 Å². The molecule has 19 heavy (non-hydrogen) atoms. The average molecular weight is 271 g/mol. The molecule has 0 amide bonds. The van der Waals surface area contributed by atoms with E-state index in [0.717, 1.165) is 6.04 Å². The van der Waals surface area contributed by atoms with Crippen LogP contribution < -0.4 is 10.6 Å². The number of piperidine rings is 1. The van der Waals surface area contributed by atoms with Gasteiger partial charge in [-0.25, -0.2) is 0 Å². The third-order valence-electron chi connectivity index (χ3n) is 3.56. The molecule has 0 atom stereocenters. The van der Waals surface area contributed by atoms with Crippen molar-refractivity contribution in [3.63, 3.8) is 0 Å². The molecule has 1 aliphatic rings. The van der Waals surface area contributed by atoms with Gasteiger partial charge in [0, 0.05) is 12.1 Å². The first kappa shape index (κ1) is 18.9. The number of rotatable bonds is 8. The summed E-state index contributed by atoms with van der Waals surface area (Å²) in [6.45, 7) is 13.5. The summed E-state index contributed by atoms with van der Waals surface area (Å²) >= 11 is 0. The fourth-order valence-corrected chi connectivity index (χ4v) is 2.61. The number of hydrogen-bond acceptors (Lipinski definition) is 3. The molecule has 0 aliphatic carbocycles. The minimum Gasteiger partial charge on any atom is -0.320 e. The Morgan fingerprint density at radius 1 is 1.05 bits per heavy atom. The zero-order valence-electron chi connectivity index (χ0n) is 14.0. The molecule has 3 nitrogen and oxygen atoms in total. The van der Waals surface area contributed by atoms with Crippen LogP contribution >= 0.6 is 0 Å². The first-order valence-electron chi connectivity index (χ1n) is 8.35. The maximum Gasteiger partial charge on any atom is 0.00937 e. The molecule has 1 saturated heterocycles. The van der Waals surface area contributed by atoms with Crippen LogP contribution in [0.25, 0.3) is 0 Å². The SMILES string of the molecule is CC.CNCCCCCN1CCC(NC(C)C)CC1. The van der Waals surface area contributed by atoms with E-state index >= 15 is 0 Å². The van der Waals surface area contributed by atoms with Crippen LogP contribution in [0.5, 0.6) is 0 Å². The van der Waals surface area contributed by atoms with Crippen LogP contribution in [0.4, 0.5) is 0 Å². The largest absolute Gasteiger partial charge is 0.320 e. The van der Waals surface area contributed by atoms with Crippen LogP contribution in [0, 0.1) is 0 Å². The summed E-state index contributed by atoms with van der Waals surface area (Å²) in [6.07, 6.45) is 6.71. The molecule has 0 aromatic carbocycles. The average Bonchev–Trinajstić information content (AvgIpc) is 2.42. The zero-order valence-corrected chi connectivity index (χ0v) is 14.0. The van der Waals surface area contributed by atoms with Crippen molar-refractivity contribution in [1.82, 2.24) is 15.5 Å². The summed E-state index contributed by atoms with van der Waals surface area (Å²) in [5.74, 6) is 0. The van der Waals surface area contributed by atoms with Gasteiger partial charge in [-0.2, -0.15) is 0 Å². The van der Waals surface area contributed by atoms with E-state index in [4.69, 9.17) is 0 Å². The van der Waals surface area contributed by atoms with E-state index in [-0.39, 0.29) is 0 Å². The molecule has 0 radical (unpaired) electrons. The van der Waals surface area contributed by atoms with Crippen LogP contribution in [-0.4, -0.2) is 50.2 Å². The lowest BCUT2D eigenvalue weighted by molar-refractivity contribution is 0.190. The van der Waals surface area contributed by atoms with Gasteiger partial charge in [-0.15, -0.1) is 0 Å². The second-order valence-corrected chi connectivity index (χ2v) is 5.60. The number of nitrogens with zero attached hydrogens (tertiary/aromatic N) is 1. The van der Waals surface area contributed by atoms with Crippen molar-refractivity contribution < 1.29 is 0 Å². The molecular weight excluding hydrogens is 234 g/mol. The second-order valence-electron chi connectivity index (χ2n) is 5.60. The van der Waals surface area contributed by atoms with Crippen molar-refractivity contribution in [1.29, 1.82) is 0 Å². The highest BCUT2D eigenvalue weighted by atomic mass is 15.1.